The van der Waals surface area contributed by atoms with Gasteiger partial charge in [0.05, 0.1) is 5.92 Å². The molecule has 1 heterocycles. The highest BCUT2D eigenvalue weighted by atomic mass is 16.1. The first-order chi connectivity index (χ1) is 9.98. The van der Waals surface area contributed by atoms with E-state index in [0.717, 1.165) is 5.70 Å². The lowest BCUT2D eigenvalue weighted by Crippen LogP contribution is -2.34. The summed E-state index contributed by atoms with van der Waals surface area (Å²) in [6, 6.07) is 0. The number of ketones is 1. The molecular formula is C15H21N5O. The molecule has 0 saturated carbocycles. The molecule has 6 nitrogen and oxygen atoms in total. The highest BCUT2D eigenvalue weighted by molar-refractivity contribution is 5.88. The van der Waals surface area contributed by atoms with Gasteiger partial charge in [-0.3, -0.25) is 9.80 Å². The molecule has 1 aliphatic heterocycles. The Morgan fingerprint density at radius 1 is 1.57 bits per heavy atom. The van der Waals surface area contributed by atoms with Crippen LogP contribution in [0.1, 0.15) is 27.2 Å². The summed E-state index contributed by atoms with van der Waals surface area (Å²) in [4.78, 5) is 14.8. The number of nitrogens with zero attached hydrogens (tertiary/aromatic N) is 5. The molecule has 0 aromatic heterocycles. The first kappa shape index (κ1) is 15.3. The molecule has 0 aromatic rings. The van der Waals surface area contributed by atoms with Gasteiger partial charge in [-0.1, -0.05) is 38.0 Å². The van der Waals surface area contributed by atoms with E-state index in [0.29, 0.717) is 19.5 Å². The molecule has 0 saturated heterocycles. The van der Waals surface area contributed by atoms with Crippen LogP contribution in [0, 0.1) is 17.3 Å². The number of fused-ring (bicyclic) bond motifs is 1. The Kier molecular flexibility index (Phi) is 4.48. The highest BCUT2D eigenvalue weighted by Gasteiger charge is 2.36. The van der Waals surface area contributed by atoms with Crippen molar-refractivity contribution in [3.63, 3.8) is 0 Å². The van der Waals surface area contributed by atoms with E-state index in [-0.39, 0.29) is 23.0 Å². The fraction of sp³-hybridized carbons (Fsp3) is 0.600. The average molecular weight is 287 g/mol. The van der Waals surface area contributed by atoms with Crippen molar-refractivity contribution >= 4 is 12.0 Å². The fourth-order valence-corrected chi connectivity index (χ4v) is 2.69. The number of carbonyl (C=O) groups is 1. The van der Waals surface area contributed by atoms with Crippen LogP contribution in [0.5, 0.6) is 0 Å². The maximum atomic E-state index is 12.0. The van der Waals surface area contributed by atoms with E-state index in [1.54, 1.807) is 0 Å². The summed E-state index contributed by atoms with van der Waals surface area (Å²) >= 11 is 0. The van der Waals surface area contributed by atoms with E-state index >= 15 is 0 Å². The van der Waals surface area contributed by atoms with Gasteiger partial charge in [-0.05, 0) is 17.0 Å². The lowest BCUT2D eigenvalue weighted by Gasteiger charge is -2.31. The van der Waals surface area contributed by atoms with Crippen molar-refractivity contribution in [2.24, 2.45) is 27.5 Å². The van der Waals surface area contributed by atoms with E-state index in [9.17, 15) is 4.79 Å². The van der Waals surface area contributed by atoms with Crippen LogP contribution in [0.3, 0.4) is 0 Å². The Morgan fingerprint density at radius 3 is 3.00 bits per heavy atom. The standard InChI is InChI=1S/C15H21N5O/c1-4-14(21)11-6-5-7-13-12(11)8-18-20(13)10-15(2,3)9-17-19-16/h5-8,11-12H,4,9-10H2,1-3H3. The molecule has 112 valence electrons. The molecule has 1 aliphatic carbocycles. The molecule has 2 atom stereocenters. The van der Waals surface area contributed by atoms with Gasteiger partial charge in [0.2, 0.25) is 0 Å². The molecule has 0 aromatic carbocycles. The number of Topliss-reactive ketones (excluding diaryl/α,β-unsaturated/α-hetero) is 1. The maximum absolute atomic E-state index is 12.0. The van der Waals surface area contributed by atoms with E-state index in [1.807, 2.05) is 50.2 Å². The molecule has 6 heteroatoms. The zero-order chi connectivity index (χ0) is 15.5. The number of azide groups is 1. The van der Waals surface area contributed by atoms with Crippen LogP contribution in [0.25, 0.3) is 10.4 Å². The summed E-state index contributed by atoms with van der Waals surface area (Å²) in [5.74, 6) is 0.171. The van der Waals surface area contributed by atoms with E-state index in [2.05, 4.69) is 15.1 Å². The zero-order valence-corrected chi connectivity index (χ0v) is 12.7. The van der Waals surface area contributed by atoms with Crippen molar-refractivity contribution in [2.75, 3.05) is 13.1 Å². The molecule has 0 fully saturated rings. The van der Waals surface area contributed by atoms with Crippen LogP contribution in [-0.2, 0) is 4.79 Å². The molecule has 0 spiro atoms. The topological polar surface area (TPSA) is 81.4 Å². The van der Waals surface area contributed by atoms with Gasteiger partial charge in [-0.25, -0.2) is 0 Å². The van der Waals surface area contributed by atoms with Gasteiger partial charge in [0.15, 0.2) is 0 Å². The van der Waals surface area contributed by atoms with Crippen molar-refractivity contribution in [1.82, 2.24) is 5.01 Å². The average Bonchev–Trinajstić information content (AvgIpc) is 2.87. The molecule has 2 unspecified atom stereocenters. The number of allylic oxidation sites excluding steroid dienone is 4. The quantitative estimate of drug-likeness (QED) is 0.426. The summed E-state index contributed by atoms with van der Waals surface area (Å²) in [5, 5.41) is 10.0. The third-order valence-corrected chi connectivity index (χ3v) is 3.84. The summed E-state index contributed by atoms with van der Waals surface area (Å²) in [5.41, 5.74) is 9.34. The van der Waals surface area contributed by atoms with E-state index in [4.69, 9.17) is 5.53 Å². The van der Waals surface area contributed by atoms with Crippen LogP contribution in [0.2, 0.25) is 0 Å². The largest absolute Gasteiger partial charge is 0.299 e. The van der Waals surface area contributed by atoms with Crippen molar-refractivity contribution in [1.29, 1.82) is 0 Å². The third-order valence-electron chi connectivity index (χ3n) is 3.84. The van der Waals surface area contributed by atoms with Gasteiger partial charge in [-0.15, -0.1) is 0 Å². The van der Waals surface area contributed by atoms with Crippen molar-refractivity contribution in [3.8, 4) is 0 Å². The van der Waals surface area contributed by atoms with Gasteiger partial charge in [0.25, 0.3) is 0 Å². The molecule has 0 bridgehead atoms. The monoisotopic (exact) mass is 287 g/mol. The summed E-state index contributed by atoms with van der Waals surface area (Å²) in [7, 11) is 0. The Hall–Kier alpha value is -2.07. The number of rotatable bonds is 6. The molecule has 2 rings (SSSR count). The Bertz CT molecular complexity index is 554. The van der Waals surface area contributed by atoms with Gasteiger partial charge < -0.3 is 0 Å². The van der Waals surface area contributed by atoms with Gasteiger partial charge in [-0.2, -0.15) is 5.10 Å². The number of carbonyl (C=O) groups excluding carboxylic acids is 1. The normalized spacial score (nSPS) is 23.6. The second-order valence-corrected chi connectivity index (χ2v) is 6.22. The first-order valence-electron chi connectivity index (χ1n) is 7.22. The minimum absolute atomic E-state index is 0.0396. The first-order valence-corrected chi connectivity index (χ1v) is 7.22. The number of hydrazone groups is 1. The van der Waals surface area contributed by atoms with Crippen LogP contribution in [-0.4, -0.2) is 30.1 Å². The van der Waals surface area contributed by atoms with E-state index < -0.39 is 0 Å². The Labute approximate surface area is 124 Å². The molecule has 21 heavy (non-hydrogen) atoms. The van der Waals surface area contributed by atoms with Crippen LogP contribution in [0.15, 0.2) is 34.1 Å². The van der Waals surface area contributed by atoms with Crippen molar-refractivity contribution < 1.29 is 4.79 Å². The summed E-state index contributed by atoms with van der Waals surface area (Å²) in [6.45, 7) is 7.05. The molecule has 2 aliphatic rings. The molecule has 0 radical (unpaired) electrons. The fourth-order valence-electron chi connectivity index (χ4n) is 2.69. The van der Waals surface area contributed by atoms with Crippen LogP contribution >= 0.6 is 0 Å². The second kappa shape index (κ2) is 6.14. The predicted molar refractivity (Wildman–Crippen MR) is 82.5 cm³/mol. The summed E-state index contributed by atoms with van der Waals surface area (Å²) in [6.07, 6.45) is 8.31. The van der Waals surface area contributed by atoms with Gasteiger partial charge in [0.1, 0.15) is 5.78 Å². The van der Waals surface area contributed by atoms with Crippen molar-refractivity contribution in [3.05, 3.63) is 34.4 Å². The molecule has 0 amide bonds. The molecule has 0 N–H and O–H groups in total. The van der Waals surface area contributed by atoms with Crippen molar-refractivity contribution in [2.45, 2.75) is 27.2 Å². The lowest BCUT2D eigenvalue weighted by atomic mass is 9.82. The van der Waals surface area contributed by atoms with Crippen LogP contribution in [0.4, 0.5) is 0 Å². The minimum atomic E-state index is -0.176. The highest BCUT2D eigenvalue weighted by Crippen LogP contribution is 2.35. The van der Waals surface area contributed by atoms with Gasteiger partial charge in [0, 0.05) is 42.3 Å². The predicted octanol–water partition coefficient (Wildman–Crippen LogP) is 3.29. The Balaban J connectivity index is 2.11. The van der Waals surface area contributed by atoms with Gasteiger partial charge >= 0.3 is 0 Å². The zero-order valence-electron chi connectivity index (χ0n) is 12.7. The SMILES string of the molecule is CCC(=O)C1C=CC=C2C1C=NN2CC(C)(C)CN=[N+]=[N-]. The second-order valence-electron chi connectivity index (χ2n) is 6.22. The lowest BCUT2D eigenvalue weighted by molar-refractivity contribution is -0.121. The Morgan fingerprint density at radius 2 is 2.33 bits per heavy atom. The number of hydrogen-bond donors (Lipinski definition) is 0. The van der Waals surface area contributed by atoms with Crippen LogP contribution < -0.4 is 0 Å². The maximum Gasteiger partial charge on any atom is 0.140 e. The third kappa shape index (κ3) is 3.34. The minimum Gasteiger partial charge on any atom is -0.299 e. The molecular weight excluding hydrogens is 266 g/mol. The van der Waals surface area contributed by atoms with E-state index in [1.165, 1.54) is 0 Å². The smallest absolute Gasteiger partial charge is 0.140 e. The number of hydrogen-bond acceptors (Lipinski definition) is 4. The summed E-state index contributed by atoms with van der Waals surface area (Å²) < 4.78 is 0.